The van der Waals surface area contributed by atoms with Gasteiger partial charge in [0.05, 0.1) is 12.1 Å². The number of aliphatic hydroxyl groups is 2. The maximum atomic E-state index is 13.7. The normalized spacial score (nSPS) is 19.4. The summed E-state index contributed by atoms with van der Waals surface area (Å²) >= 11 is 0. The molecule has 8 heteroatoms. The van der Waals surface area contributed by atoms with Crippen LogP contribution in [0.25, 0.3) is 0 Å². The highest BCUT2D eigenvalue weighted by molar-refractivity contribution is 5.73. The first kappa shape index (κ1) is 27.0. The van der Waals surface area contributed by atoms with Crippen LogP contribution in [0.4, 0.5) is 14.5 Å². The highest BCUT2D eigenvalue weighted by Crippen LogP contribution is 2.36. The summed E-state index contributed by atoms with van der Waals surface area (Å²) in [7, 11) is 0. The second-order valence-corrected chi connectivity index (χ2v) is 10.5. The van der Waals surface area contributed by atoms with Gasteiger partial charge in [-0.2, -0.15) is 0 Å². The number of anilines is 1. The van der Waals surface area contributed by atoms with Crippen LogP contribution in [0.1, 0.15) is 63.3 Å². The van der Waals surface area contributed by atoms with Crippen molar-refractivity contribution in [3.8, 4) is 0 Å². The van der Waals surface area contributed by atoms with Crippen LogP contribution in [-0.4, -0.2) is 47.5 Å². The minimum absolute atomic E-state index is 0.0300. The van der Waals surface area contributed by atoms with Gasteiger partial charge < -0.3 is 26.2 Å². The highest BCUT2D eigenvalue weighted by atomic mass is 19.1. The Bertz CT molecular complexity index is 1000. The summed E-state index contributed by atoms with van der Waals surface area (Å²) in [5.41, 5.74) is 3.59. The number of amides is 1. The third kappa shape index (κ3) is 7.46. The Morgan fingerprint density at radius 1 is 1.17 bits per heavy atom. The minimum Gasteiger partial charge on any atom is -0.396 e. The lowest BCUT2D eigenvalue weighted by atomic mass is 9.82. The molecule has 0 bridgehead atoms. The van der Waals surface area contributed by atoms with E-state index < -0.39 is 23.8 Å². The number of halogens is 2. The van der Waals surface area contributed by atoms with Gasteiger partial charge in [0.15, 0.2) is 0 Å². The van der Waals surface area contributed by atoms with Crippen molar-refractivity contribution in [1.29, 1.82) is 0 Å². The molecule has 2 aromatic rings. The lowest BCUT2D eigenvalue weighted by Gasteiger charge is -2.36. The Labute approximate surface area is 206 Å². The summed E-state index contributed by atoms with van der Waals surface area (Å²) in [5.74, 6) is -1.74. The molecule has 0 aromatic heterocycles. The molecule has 0 saturated carbocycles. The van der Waals surface area contributed by atoms with Crippen molar-refractivity contribution in [2.45, 2.75) is 76.6 Å². The molecule has 1 aliphatic heterocycles. The maximum absolute atomic E-state index is 13.7. The molecule has 1 aliphatic rings. The predicted octanol–water partition coefficient (Wildman–Crippen LogP) is 3.57. The Morgan fingerprint density at radius 3 is 2.46 bits per heavy atom. The van der Waals surface area contributed by atoms with Crippen LogP contribution < -0.4 is 16.0 Å². The van der Waals surface area contributed by atoms with E-state index in [0.717, 1.165) is 17.3 Å². The van der Waals surface area contributed by atoms with Gasteiger partial charge in [0.2, 0.25) is 5.91 Å². The van der Waals surface area contributed by atoms with Gasteiger partial charge >= 0.3 is 0 Å². The Morgan fingerprint density at radius 2 is 1.86 bits per heavy atom. The average molecular weight is 490 g/mol. The largest absolute Gasteiger partial charge is 0.396 e. The van der Waals surface area contributed by atoms with E-state index in [-0.39, 0.29) is 43.0 Å². The van der Waals surface area contributed by atoms with Gasteiger partial charge in [-0.15, -0.1) is 0 Å². The molecule has 0 spiro atoms. The third-order valence-electron chi connectivity index (χ3n) is 6.45. The van der Waals surface area contributed by atoms with Gasteiger partial charge in [-0.1, -0.05) is 32.9 Å². The zero-order chi connectivity index (χ0) is 25.8. The SMILES string of the molecule is CC(=O)NC(Cc1cc(F)cc(F)c1)C(O)CNC1CC(CCO)Nc2ccc(C(C)(C)C)cc21. The number of rotatable bonds is 9. The van der Waals surface area contributed by atoms with E-state index in [4.69, 9.17) is 0 Å². The van der Waals surface area contributed by atoms with Crippen molar-refractivity contribution in [3.63, 3.8) is 0 Å². The van der Waals surface area contributed by atoms with E-state index >= 15 is 0 Å². The van der Waals surface area contributed by atoms with Crippen molar-refractivity contribution in [2.24, 2.45) is 0 Å². The number of hydrogen-bond donors (Lipinski definition) is 5. The maximum Gasteiger partial charge on any atom is 0.217 e. The van der Waals surface area contributed by atoms with Crippen LogP contribution in [0.2, 0.25) is 0 Å². The van der Waals surface area contributed by atoms with E-state index in [1.165, 1.54) is 24.6 Å². The molecule has 2 aromatic carbocycles. The first-order valence-electron chi connectivity index (χ1n) is 12.1. The molecule has 0 fully saturated rings. The Kier molecular flexibility index (Phi) is 8.85. The fraction of sp³-hybridized carbons (Fsp3) is 0.519. The van der Waals surface area contributed by atoms with Gasteiger partial charge in [0.1, 0.15) is 11.6 Å². The van der Waals surface area contributed by atoms with Gasteiger partial charge in [0, 0.05) is 43.9 Å². The molecule has 0 aliphatic carbocycles. The standard InChI is InChI=1S/C27H37F2N3O3/c1-16(34)31-25(11-17-9-19(28)13-20(29)10-17)26(35)15-30-24-14-21(7-8-33)32-23-6-5-18(12-22(23)24)27(2,3)4/h5-6,9-10,12-13,21,24-26,30,32-33,35H,7-8,11,14-15H2,1-4H3,(H,31,34). The van der Waals surface area contributed by atoms with Gasteiger partial charge in [-0.3, -0.25) is 4.79 Å². The predicted molar refractivity (Wildman–Crippen MR) is 133 cm³/mol. The smallest absolute Gasteiger partial charge is 0.217 e. The molecule has 0 saturated heterocycles. The molecule has 35 heavy (non-hydrogen) atoms. The molecule has 1 amide bonds. The molecule has 1 heterocycles. The zero-order valence-electron chi connectivity index (χ0n) is 20.9. The van der Waals surface area contributed by atoms with Gasteiger partial charge in [-0.05, 0) is 59.6 Å². The van der Waals surface area contributed by atoms with Gasteiger partial charge in [0.25, 0.3) is 0 Å². The molecule has 0 radical (unpaired) electrons. The number of nitrogens with one attached hydrogen (secondary N) is 3. The molecule has 4 atom stereocenters. The molecule has 3 rings (SSSR count). The quantitative estimate of drug-likeness (QED) is 0.371. The number of fused-ring (bicyclic) bond motifs is 1. The van der Waals surface area contributed by atoms with Crippen LogP contribution in [0, 0.1) is 11.6 Å². The molecular weight excluding hydrogens is 452 g/mol. The van der Waals surface area contributed by atoms with E-state index in [9.17, 15) is 23.8 Å². The lowest BCUT2D eigenvalue weighted by molar-refractivity contribution is -0.120. The van der Waals surface area contributed by atoms with Crippen LogP contribution in [-0.2, 0) is 16.6 Å². The van der Waals surface area contributed by atoms with Crippen LogP contribution in [0.15, 0.2) is 36.4 Å². The first-order valence-corrected chi connectivity index (χ1v) is 12.1. The van der Waals surface area contributed by atoms with Crippen LogP contribution in [0.5, 0.6) is 0 Å². The summed E-state index contributed by atoms with van der Waals surface area (Å²) < 4.78 is 27.3. The molecular formula is C27H37F2N3O3. The van der Waals surface area contributed by atoms with E-state index in [1.807, 2.05) is 0 Å². The second kappa shape index (κ2) is 11.5. The number of hydrogen-bond acceptors (Lipinski definition) is 5. The molecule has 4 unspecified atom stereocenters. The summed E-state index contributed by atoms with van der Waals surface area (Å²) in [4.78, 5) is 11.8. The van der Waals surface area contributed by atoms with Crippen molar-refractivity contribution < 1.29 is 23.8 Å². The molecule has 5 N–H and O–H groups in total. The van der Waals surface area contributed by atoms with E-state index in [1.54, 1.807) is 0 Å². The second-order valence-electron chi connectivity index (χ2n) is 10.5. The van der Waals surface area contributed by atoms with Crippen molar-refractivity contribution in [2.75, 3.05) is 18.5 Å². The highest BCUT2D eigenvalue weighted by Gasteiger charge is 2.29. The topological polar surface area (TPSA) is 93.6 Å². The third-order valence-corrected chi connectivity index (χ3v) is 6.45. The van der Waals surface area contributed by atoms with Crippen LogP contribution in [0.3, 0.4) is 0 Å². The molecule has 6 nitrogen and oxygen atoms in total. The number of aliphatic hydroxyl groups excluding tert-OH is 2. The fourth-order valence-corrected chi connectivity index (χ4v) is 4.61. The monoisotopic (exact) mass is 489 g/mol. The molecule has 192 valence electrons. The Hall–Kier alpha value is -2.55. The minimum atomic E-state index is -0.995. The lowest BCUT2D eigenvalue weighted by Crippen LogP contribution is -2.49. The number of benzene rings is 2. The fourth-order valence-electron chi connectivity index (χ4n) is 4.61. The van der Waals surface area contributed by atoms with Crippen molar-refractivity contribution >= 4 is 11.6 Å². The van der Waals surface area contributed by atoms with Crippen molar-refractivity contribution in [1.82, 2.24) is 10.6 Å². The summed E-state index contributed by atoms with van der Waals surface area (Å²) in [6.45, 7) is 8.03. The van der Waals surface area contributed by atoms with E-state index in [0.29, 0.717) is 18.4 Å². The van der Waals surface area contributed by atoms with Crippen LogP contribution >= 0.6 is 0 Å². The number of carbonyl (C=O) groups excluding carboxylic acids is 1. The van der Waals surface area contributed by atoms with Crippen molar-refractivity contribution in [3.05, 3.63) is 64.7 Å². The summed E-state index contributed by atoms with van der Waals surface area (Å²) in [6.07, 6.45) is 0.404. The summed E-state index contributed by atoms with van der Waals surface area (Å²) in [6, 6.07) is 8.79. The Balaban J connectivity index is 1.78. The van der Waals surface area contributed by atoms with Gasteiger partial charge in [-0.25, -0.2) is 8.78 Å². The number of carbonyl (C=O) groups is 1. The average Bonchev–Trinajstić information content (AvgIpc) is 2.75. The van der Waals surface area contributed by atoms with E-state index in [2.05, 4.69) is 54.9 Å². The first-order chi connectivity index (χ1) is 16.5. The zero-order valence-corrected chi connectivity index (χ0v) is 20.9. The summed E-state index contributed by atoms with van der Waals surface area (Å²) in [5, 5.41) is 30.1.